The zero-order valence-corrected chi connectivity index (χ0v) is 12.0. The third-order valence-corrected chi connectivity index (χ3v) is 5.48. The van der Waals surface area contributed by atoms with Crippen LogP contribution in [0.25, 0.3) is 10.4 Å². The lowest BCUT2D eigenvalue weighted by atomic mass is 10.2. The summed E-state index contributed by atoms with van der Waals surface area (Å²) >= 11 is 4.71. The van der Waals surface area contributed by atoms with E-state index in [9.17, 15) is 8.42 Å². The Kier molecular flexibility index (Phi) is 3.67. The zero-order valence-electron chi connectivity index (χ0n) is 8.76. The van der Waals surface area contributed by atoms with Crippen LogP contribution in [0.2, 0.25) is 0 Å². The van der Waals surface area contributed by atoms with Crippen molar-refractivity contribution in [2.75, 3.05) is 0 Å². The van der Waals surface area contributed by atoms with Gasteiger partial charge in [0.2, 0.25) is 10.0 Å². The maximum absolute atomic E-state index is 11.4. The van der Waals surface area contributed by atoms with Crippen molar-refractivity contribution in [2.45, 2.75) is 10.2 Å². The van der Waals surface area contributed by atoms with Crippen molar-refractivity contribution in [3.8, 4) is 10.4 Å². The minimum Gasteiger partial charge on any atom is -0.225 e. The molecular weight excluding hydrogens is 322 g/mol. The molecule has 0 spiro atoms. The number of benzene rings is 1. The van der Waals surface area contributed by atoms with Gasteiger partial charge in [-0.1, -0.05) is 46.3 Å². The summed E-state index contributed by atoms with van der Waals surface area (Å²) in [6.45, 7) is 0. The van der Waals surface area contributed by atoms with Gasteiger partial charge < -0.3 is 0 Å². The molecule has 2 rings (SSSR count). The molecule has 0 aliphatic heterocycles. The molecule has 0 bridgehead atoms. The predicted octanol–water partition coefficient (Wildman–Crippen LogP) is 2.96. The van der Waals surface area contributed by atoms with Crippen molar-refractivity contribution >= 4 is 37.3 Å². The van der Waals surface area contributed by atoms with Gasteiger partial charge in [-0.2, -0.15) is 0 Å². The third-order valence-electron chi connectivity index (χ3n) is 2.26. The second kappa shape index (κ2) is 4.89. The van der Waals surface area contributed by atoms with Gasteiger partial charge in [0, 0.05) is 15.1 Å². The van der Waals surface area contributed by atoms with E-state index < -0.39 is 10.0 Å². The first-order chi connectivity index (χ1) is 8.02. The number of nitrogens with two attached hydrogens (primary N) is 1. The number of primary sulfonamides is 1. The molecule has 0 radical (unpaired) electrons. The van der Waals surface area contributed by atoms with Crippen molar-refractivity contribution in [1.82, 2.24) is 0 Å². The first-order valence-corrected chi connectivity index (χ1v) is 8.27. The molecule has 2 N–H and O–H groups in total. The van der Waals surface area contributed by atoms with Gasteiger partial charge in [-0.25, -0.2) is 13.6 Å². The Morgan fingerprint density at radius 3 is 2.35 bits per heavy atom. The molecule has 0 amide bonds. The fraction of sp³-hybridized carbons (Fsp3) is 0.0909. The Hall–Kier alpha value is -0.690. The van der Waals surface area contributed by atoms with Crippen LogP contribution in [0.5, 0.6) is 0 Å². The van der Waals surface area contributed by atoms with Crippen LogP contribution in [-0.2, 0) is 15.4 Å². The summed E-state index contributed by atoms with van der Waals surface area (Å²) < 4.78 is 22.8. The molecule has 0 atom stereocenters. The largest absolute Gasteiger partial charge is 0.239 e. The summed E-state index contributed by atoms with van der Waals surface area (Å²) in [5.41, 5.74) is 0.995. The Bertz CT molecular complexity index is 620. The monoisotopic (exact) mass is 331 g/mol. The van der Waals surface area contributed by atoms with Gasteiger partial charge in [-0.05, 0) is 11.6 Å². The van der Waals surface area contributed by atoms with Crippen molar-refractivity contribution in [2.24, 2.45) is 5.14 Å². The van der Waals surface area contributed by atoms with E-state index in [0.29, 0.717) is 5.33 Å². The SMILES string of the molecule is NS(=O)(=O)c1cc(-c2ccccc2)sc1CBr. The Morgan fingerprint density at radius 2 is 1.88 bits per heavy atom. The van der Waals surface area contributed by atoms with Crippen LogP contribution in [0.1, 0.15) is 4.88 Å². The van der Waals surface area contributed by atoms with Crippen LogP contribution in [0.4, 0.5) is 0 Å². The molecule has 2 aromatic rings. The number of hydrogen-bond donors (Lipinski definition) is 1. The minimum atomic E-state index is -3.65. The van der Waals surface area contributed by atoms with Crippen molar-refractivity contribution in [1.29, 1.82) is 0 Å². The standard InChI is InChI=1S/C11H10BrNO2S2/c12-7-10-11(17(13,14)15)6-9(16-10)8-4-2-1-3-5-8/h1-6H,7H2,(H2,13,14,15). The van der Waals surface area contributed by atoms with E-state index in [4.69, 9.17) is 5.14 Å². The summed E-state index contributed by atoms with van der Waals surface area (Å²) in [5.74, 6) is 0. The Morgan fingerprint density at radius 1 is 1.24 bits per heavy atom. The molecule has 90 valence electrons. The molecule has 0 aliphatic carbocycles. The summed E-state index contributed by atoms with van der Waals surface area (Å²) in [6, 6.07) is 11.3. The van der Waals surface area contributed by atoms with Gasteiger partial charge in [0.15, 0.2) is 0 Å². The first kappa shape index (κ1) is 12.8. The summed E-state index contributed by atoms with van der Waals surface area (Å²) in [5, 5.41) is 5.67. The second-order valence-electron chi connectivity index (χ2n) is 3.44. The van der Waals surface area contributed by atoms with Gasteiger partial charge in [0.25, 0.3) is 0 Å². The normalized spacial score (nSPS) is 11.6. The highest BCUT2D eigenvalue weighted by Crippen LogP contribution is 2.34. The first-order valence-electron chi connectivity index (χ1n) is 4.79. The molecule has 6 heteroatoms. The molecular formula is C11H10BrNO2S2. The number of alkyl halides is 1. The molecule has 1 aromatic carbocycles. The zero-order chi connectivity index (χ0) is 12.5. The van der Waals surface area contributed by atoms with Crippen LogP contribution in [0.15, 0.2) is 41.3 Å². The van der Waals surface area contributed by atoms with Gasteiger partial charge in [-0.3, -0.25) is 0 Å². The van der Waals surface area contributed by atoms with Crippen molar-refractivity contribution < 1.29 is 8.42 Å². The van der Waals surface area contributed by atoms with Crippen molar-refractivity contribution in [3.05, 3.63) is 41.3 Å². The lowest BCUT2D eigenvalue weighted by Gasteiger charge is -1.95. The predicted molar refractivity (Wildman–Crippen MR) is 73.8 cm³/mol. The van der Waals surface area contributed by atoms with Crippen LogP contribution in [0.3, 0.4) is 0 Å². The van der Waals surface area contributed by atoms with Gasteiger partial charge >= 0.3 is 0 Å². The van der Waals surface area contributed by atoms with E-state index in [-0.39, 0.29) is 4.90 Å². The number of sulfonamides is 1. The molecule has 1 heterocycles. The topological polar surface area (TPSA) is 60.2 Å². The number of hydrogen-bond acceptors (Lipinski definition) is 3. The van der Waals surface area contributed by atoms with E-state index >= 15 is 0 Å². The highest BCUT2D eigenvalue weighted by molar-refractivity contribution is 9.08. The van der Waals surface area contributed by atoms with E-state index in [2.05, 4.69) is 15.9 Å². The Balaban J connectivity index is 2.57. The van der Waals surface area contributed by atoms with Crippen LogP contribution in [-0.4, -0.2) is 8.42 Å². The Labute approximate surface area is 112 Å². The van der Waals surface area contributed by atoms with E-state index in [1.807, 2.05) is 30.3 Å². The van der Waals surface area contributed by atoms with Gasteiger partial charge in [0.1, 0.15) is 0 Å². The van der Waals surface area contributed by atoms with Crippen LogP contribution >= 0.6 is 27.3 Å². The average molecular weight is 332 g/mol. The molecule has 1 aromatic heterocycles. The van der Waals surface area contributed by atoms with E-state index in [1.54, 1.807) is 6.07 Å². The smallest absolute Gasteiger partial charge is 0.225 e. The lowest BCUT2D eigenvalue weighted by molar-refractivity contribution is 0.597. The van der Waals surface area contributed by atoms with Gasteiger partial charge in [-0.15, -0.1) is 11.3 Å². The molecule has 0 saturated heterocycles. The van der Waals surface area contributed by atoms with Crippen molar-refractivity contribution in [3.63, 3.8) is 0 Å². The third kappa shape index (κ3) is 2.77. The highest BCUT2D eigenvalue weighted by Gasteiger charge is 2.18. The maximum Gasteiger partial charge on any atom is 0.239 e. The quantitative estimate of drug-likeness (QED) is 0.879. The van der Waals surface area contributed by atoms with Gasteiger partial charge in [0.05, 0.1) is 4.90 Å². The number of halogens is 1. The summed E-state index contributed by atoms with van der Waals surface area (Å²) in [6.07, 6.45) is 0. The molecule has 17 heavy (non-hydrogen) atoms. The molecule has 0 aliphatic rings. The minimum absolute atomic E-state index is 0.207. The molecule has 0 fully saturated rings. The fourth-order valence-corrected chi connectivity index (χ4v) is 4.45. The highest BCUT2D eigenvalue weighted by atomic mass is 79.9. The van der Waals surface area contributed by atoms with E-state index in [1.165, 1.54) is 11.3 Å². The van der Waals surface area contributed by atoms with Crippen LogP contribution in [0, 0.1) is 0 Å². The summed E-state index contributed by atoms with van der Waals surface area (Å²) in [7, 11) is -3.65. The number of thiophene rings is 1. The molecule has 3 nitrogen and oxygen atoms in total. The number of rotatable bonds is 3. The molecule has 0 saturated carbocycles. The van der Waals surface area contributed by atoms with E-state index in [0.717, 1.165) is 15.3 Å². The van der Waals surface area contributed by atoms with Crippen LogP contribution < -0.4 is 5.14 Å². The fourth-order valence-electron chi connectivity index (χ4n) is 1.49. The second-order valence-corrected chi connectivity index (χ2v) is 6.67. The maximum atomic E-state index is 11.4. The lowest BCUT2D eigenvalue weighted by Crippen LogP contribution is -2.12. The molecule has 0 unspecified atom stereocenters. The average Bonchev–Trinajstić information content (AvgIpc) is 2.74. The summed E-state index contributed by atoms with van der Waals surface area (Å²) in [4.78, 5) is 1.84.